The van der Waals surface area contributed by atoms with Crippen molar-refractivity contribution in [1.82, 2.24) is 0 Å². The minimum absolute atomic E-state index is 0.613. The summed E-state index contributed by atoms with van der Waals surface area (Å²) >= 11 is 15.3. The van der Waals surface area contributed by atoms with Crippen molar-refractivity contribution in [2.24, 2.45) is 0 Å². The number of methoxy groups -OCH3 is 1. The fraction of sp³-hybridized carbons (Fsp3) is 0.172. The van der Waals surface area contributed by atoms with Gasteiger partial charge in [-0.15, -0.1) is 0 Å². The van der Waals surface area contributed by atoms with Crippen molar-refractivity contribution in [2.45, 2.75) is 26.9 Å². The predicted molar refractivity (Wildman–Crippen MR) is 147 cm³/mol. The number of rotatable bonds is 6. The summed E-state index contributed by atoms with van der Waals surface area (Å²) in [6, 6.07) is 31.5. The number of benzene rings is 4. The van der Waals surface area contributed by atoms with Crippen LogP contribution in [0.2, 0.25) is 5.02 Å². The second kappa shape index (κ2) is 9.15. The van der Waals surface area contributed by atoms with Crippen LogP contribution in [-0.2, 0) is 6.16 Å². The second-order valence-corrected chi connectivity index (χ2v) is 15.4. The van der Waals surface area contributed by atoms with Crippen molar-refractivity contribution in [2.75, 3.05) is 7.11 Å². The summed E-state index contributed by atoms with van der Waals surface area (Å²) in [7, 11) is 1.70. The van der Waals surface area contributed by atoms with Crippen LogP contribution < -0.4 is 20.7 Å². The molecule has 0 atom stereocenters. The molecule has 0 aliphatic heterocycles. The van der Waals surface area contributed by atoms with Crippen molar-refractivity contribution in [3.05, 3.63) is 118 Å². The zero-order chi connectivity index (χ0) is 23.7. The molecule has 33 heavy (non-hydrogen) atoms. The topological polar surface area (TPSA) is 9.23 Å². The summed E-state index contributed by atoms with van der Waals surface area (Å²) in [4.78, 5) is 0. The molecule has 170 valence electrons. The zero-order valence-electron chi connectivity index (χ0n) is 19.5. The molecule has 4 aromatic carbocycles. The molecular formula is C29H29Cl2OP. The second-order valence-electron chi connectivity index (χ2n) is 8.55. The van der Waals surface area contributed by atoms with Gasteiger partial charge in [-0.05, 0) is 0 Å². The molecular weight excluding hydrogens is 466 g/mol. The molecule has 4 rings (SSSR count). The van der Waals surface area contributed by atoms with Gasteiger partial charge in [0.2, 0.25) is 0 Å². The molecule has 0 aliphatic carbocycles. The molecule has 0 aliphatic rings. The SMILES string of the molecule is COc1c(C)c(C)c(CP(Cl)(c2ccccc2)(c2ccccc2)c2ccccc2)c(Cl)c1C. The first kappa shape index (κ1) is 23.8. The summed E-state index contributed by atoms with van der Waals surface area (Å²) in [5, 5.41) is 4.12. The van der Waals surface area contributed by atoms with Gasteiger partial charge in [-0.25, -0.2) is 0 Å². The van der Waals surface area contributed by atoms with Gasteiger partial charge in [0, 0.05) is 0 Å². The summed E-state index contributed by atoms with van der Waals surface area (Å²) < 4.78 is 5.69. The first-order chi connectivity index (χ1) is 15.8. The van der Waals surface area contributed by atoms with E-state index in [2.05, 4.69) is 86.6 Å². The van der Waals surface area contributed by atoms with Crippen LogP contribution in [0.3, 0.4) is 0 Å². The van der Waals surface area contributed by atoms with E-state index in [1.54, 1.807) is 7.11 Å². The molecule has 0 N–H and O–H groups in total. The Morgan fingerprint density at radius 2 is 1.03 bits per heavy atom. The fourth-order valence-corrected chi connectivity index (χ4v) is 11.5. The van der Waals surface area contributed by atoms with E-state index in [1.807, 2.05) is 25.1 Å². The third-order valence-electron chi connectivity index (χ3n) is 6.83. The molecule has 0 fully saturated rings. The maximum absolute atomic E-state index is 8.27. The standard InChI is InChI=1S/C29H29Cl2OP/c1-21-22(2)29(32-4)23(3)28(30)27(21)20-33(31,24-14-8-5-9-15-24,25-16-10-6-11-17-25)26-18-12-7-13-19-26/h5-19H,20H2,1-4H3. The Balaban J connectivity index is 2.15. The molecule has 0 aromatic heterocycles. The molecule has 4 aromatic rings. The van der Waals surface area contributed by atoms with Gasteiger partial charge in [0.05, 0.1) is 0 Å². The van der Waals surface area contributed by atoms with Crippen molar-refractivity contribution in [3.8, 4) is 5.75 Å². The van der Waals surface area contributed by atoms with E-state index in [4.69, 9.17) is 27.6 Å². The van der Waals surface area contributed by atoms with Crippen molar-refractivity contribution in [1.29, 1.82) is 0 Å². The van der Waals surface area contributed by atoms with Gasteiger partial charge < -0.3 is 0 Å². The summed E-state index contributed by atoms with van der Waals surface area (Å²) in [5.74, 6) is -2.63. The molecule has 4 heteroatoms. The third-order valence-corrected chi connectivity index (χ3v) is 14.5. The first-order valence-electron chi connectivity index (χ1n) is 11.0. The van der Waals surface area contributed by atoms with E-state index < -0.39 is 5.96 Å². The van der Waals surface area contributed by atoms with E-state index in [1.165, 1.54) is 0 Å². The first-order valence-corrected chi connectivity index (χ1v) is 14.7. The molecule has 0 bridgehead atoms. The summed E-state index contributed by atoms with van der Waals surface area (Å²) in [6.45, 7) is 6.24. The zero-order valence-corrected chi connectivity index (χ0v) is 21.9. The predicted octanol–water partition coefficient (Wildman–Crippen LogP) is 7.46. The van der Waals surface area contributed by atoms with Gasteiger partial charge in [0.1, 0.15) is 0 Å². The van der Waals surface area contributed by atoms with Gasteiger partial charge in [-0.1, -0.05) is 0 Å². The number of halogens is 2. The van der Waals surface area contributed by atoms with Crippen molar-refractivity contribution < 1.29 is 4.74 Å². The van der Waals surface area contributed by atoms with E-state index in [0.717, 1.165) is 48.9 Å². The van der Waals surface area contributed by atoms with E-state index in [0.29, 0.717) is 6.16 Å². The molecule has 0 unspecified atom stereocenters. The van der Waals surface area contributed by atoms with Gasteiger partial charge in [-0.3, -0.25) is 0 Å². The van der Waals surface area contributed by atoms with Crippen LogP contribution in [0.25, 0.3) is 0 Å². The van der Waals surface area contributed by atoms with Crippen LogP contribution in [0.1, 0.15) is 22.3 Å². The molecule has 0 saturated heterocycles. The normalized spacial score (nSPS) is 12.7. The van der Waals surface area contributed by atoms with Gasteiger partial charge >= 0.3 is 208 Å². The molecule has 1 nitrogen and oxygen atoms in total. The third kappa shape index (κ3) is 3.77. The molecule has 0 radical (unpaired) electrons. The van der Waals surface area contributed by atoms with E-state index in [9.17, 15) is 0 Å². The average molecular weight is 495 g/mol. The quantitative estimate of drug-likeness (QED) is 0.252. The van der Waals surface area contributed by atoms with Crippen LogP contribution in [0.4, 0.5) is 0 Å². The van der Waals surface area contributed by atoms with E-state index >= 15 is 0 Å². The Morgan fingerprint density at radius 1 is 0.636 bits per heavy atom. The summed E-state index contributed by atoms with van der Waals surface area (Å²) in [6.07, 6.45) is 0.613. The maximum atomic E-state index is 8.27. The molecule has 0 saturated carbocycles. The Bertz CT molecular complexity index is 1140. The van der Waals surface area contributed by atoms with Crippen molar-refractivity contribution >= 4 is 44.7 Å². The average Bonchev–Trinajstić information content (AvgIpc) is 2.87. The van der Waals surface area contributed by atoms with Crippen molar-refractivity contribution in [3.63, 3.8) is 0 Å². The van der Waals surface area contributed by atoms with Crippen LogP contribution in [0, 0.1) is 20.8 Å². The van der Waals surface area contributed by atoms with Gasteiger partial charge in [-0.2, -0.15) is 0 Å². The number of hydrogen-bond acceptors (Lipinski definition) is 1. The van der Waals surface area contributed by atoms with Gasteiger partial charge in [0.25, 0.3) is 0 Å². The van der Waals surface area contributed by atoms with Crippen LogP contribution in [0.15, 0.2) is 91.0 Å². The number of ether oxygens (including phenoxy) is 1. The molecule has 0 amide bonds. The summed E-state index contributed by atoms with van der Waals surface area (Å²) in [5.41, 5.74) is 4.26. The molecule has 0 spiro atoms. The Morgan fingerprint density at radius 3 is 1.39 bits per heavy atom. The van der Waals surface area contributed by atoms with Gasteiger partial charge in [0.15, 0.2) is 0 Å². The Kier molecular flexibility index (Phi) is 6.61. The monoisotopic (exact) mass is 494 g/mol. The number of hydrogen-bond donors (Lipinski definition) is 0. The minimum atomic E-state index is -3.48. The Hall–Kier alpha value is -2.31. The molecule has 0 heterocycles. The van der Waals surface area contributed by atoms with E-state index in [-0.39, 0.29) is 0 Å². The van der Waals surface area contributed by atoms with Crippen LogP contribution >= 0.6 is 28.8 Å². The Labute approximate surface area is 207 Å². The van der Waals surface area contributed by atoms with Crippen LogP contribution in [0.5, 0.6) is 5.75 Å². The fourth-order valence-electron chi connectivity index (χ4n) is 4.90. The van der Waals surface area contributed by atoms with Crippen LogP contribution in [-0.4, -0.2) is 7.11 Å².